The maximum absolute atomic E-state index is 10.5. The number of carboxylic acid groups (broad SMARTS) is 1. The van der Waals surface area contributed by atoms with Gasteiger partial charge in [-0.3, -0.25) is 4.79 Å². The maximum Gasteiger partial charge on any atom is 0.303 e. The van der Waals surface area contributed by atoms with Crippen LogP contribution in [0.25, 0.3) is 0 Å². The topological polar surface area (TPSA) is 37.3 Å². The van der Waals surface area contributed by atoms with Crippen LogP contribution in [0.3, 0.4) is 0 Å². The van der Waals surface area contributed by atoms with Crippen molar-refractivity contribution in [3.63, 3.8) is 0 Å². The minimum absolute atomic E-state index is 0.254. The molecule has 22 heavy (non-hydrogen) atoms. The Bertz CT molecular complexity index is 427. The van der Waals surface area contributed by atoms with Gasteiger partial charge in [0.2, 0.25) is 0 Å². The Hall–Kier alpha value is -1.57. The Balaban J connectivity index is 2.48. The van der Waals surface area contributed by atoms with Gasteiger partial charge < -0.3 is 5.11 Å². The summed E-state index contributed by atoms with van der Waals surface area (Å²) in [6, 6.07) is 0. The molecule has 1 N–H and O–H groups in total. The molecule has 0 aromatic heterocycles. The molecule has 2 heteroatoms. The van der Waals surface area contributed by atoms with Crippen molar-refractivity contribution in [3.05, 3.63) is 48.1 Å². The molecule has 1 unspecified atom stereocenters. The van der Waals surface area contributed by atoms with Crippen LogP contribution >= 0.6 is 0 Å². The summed E-state index contributed by atoms with van der Waals surface area (Å²) in [5, 5.41) is 8.65. The molecule has 0 fully saturated rings. The number of carbonyl (C=O) groups is 1. The minimum Gasteiger partial charge on any atom is -0.481 e. The second kappa shape index (κ2) is 12.0. The number of unbranched alkanes of at least 4 members (excludes halogenated alkanes) is 4. The van der Waals surface area contributed by atoms with Crippen LogP contribution in [0.5, 0.6) is 0 Å². The third-order valence-corrected chi connectivity index (χ3v) is 3.83. The zero-order valence-corrected chi connectivity index (χ0v) is 13.8. The van der Waals surface area contributed by atoms with Gasteiger partial charge in [-0.2, -0.15) is 0 Å². The van der Waals surface area contributed by atoms with E-state index in [2.05, 4.69) is 49.5 Å². The van der Waals surface area contributed by atoms with Crippen molar-refractivity contribution >= 4 is 5.97 Å². The Kier molecular flexibility index (Phi) is 10.1. The average molecular weight is 302 g/mol. The molecule has 0 amide bonds. The highest BCUT2D eigenvalue weighted by molar-refractivity contribution is 5.66. The summed E-state index contributed by atoms with van der Waals surface area (Å²) < 4.78 is 0. The van der Waals surface area contributed by atoms with E-state index < -0.39 is 5.97 Å². The molecule has 0 heterocycles. The van der Waals surface area contributed by atoms with Crippen LogP contribution in [-0.4, -0.2) is 11.1 Å². The van der Waals surface area contributed by atoms with Crippen molar-refractivity contribution in [2.45, 2.75) is 64.7 Å². The van der Waals surface area contributed by atoms with Gasteiger partial charge in [0.05, 0.1) is 0 Å². The predicted octanol–water partition coefficient (Wildman–Crippen LogP) is 5.83. The smallest absolute Gasteiger partial charge is 0.303 e. The molecular formula is C20H30O2. The number of aliphatic carboxylic acids is 1. The average Bonchev–Trinajstić information content (AvgIpc) is 2.72. The number of carboxylic acids is 1. The lowest BCUT2D eigenvalue weighted by molar-refractivity contribution is -0.137. The zero-order chi connectivity index (χ0) is 16.0. The molecule has 0 aromatic carbocycles. The van der Waals surface area contributed by atoms with Crippen molar-refractivity contribution < 1.29 is 9.90 Å². The fourth-order valence-corrected chi connectivity index (χ4v) is 2.54. The van der Waals surface area contributed by atoms with E-state index >= 15 is 0 Å². The first-order valence-corrected chi connectivity index (χ1v) is 8.65. The van der Waals surface area contributed by atoms with Crippen molar-refractivity contribution in [1.29, 1.82) is 0 Å². The molecule has 0 spiro atoms. The zero-order valence-electron chi connectivity index (χ0n) is 13.8. The van der Waals surface area contributed by atoms with E-state index in [1.54, 1.807) is 0 Å². The Labute approximate surface area is 135 Å². The SMILES string of the molecule is CCCCCC=CC1C=CCCC=C1C=CCCCC(=O)O. The van der Waals surface area contributed by atoms with Crippen molar-refractivity contribution in [2.75, 3.05) is 0 Å². The largest absolute Gasteiger partial charge is 0.481 e. The van der Waals surface area contributed by atoms with Crippen molar-refractivity contribution in [2.24, 2.45) is 5.92 Å². The molecule has 0 saturated carbocycles. The predicted molar refractivity (Wildman–Crippen MR) is 93.9 cm³/mol. The van der Waals surface area contributed by atoms with Crippen LogP contribution < -0.4 is 0 Å². The third kappa shape index (κ3) is 8.66. The monoisotopic (exact) mass is 302 g/mol. The van der Waals surface area contributed by atoms with Crippen LogP contribution in [0.2, 0.25) is 0 Å². The second-order valence-electron chi connectivity index (χ2n) is 5.85. The molecular weight excluding hydrogens is 272 g/mol. The summed E-state index contributed by atoms with van der Waals surface area (Å²) in [6.07, 6.45) is 24.8. The Morgan fingerprint density at radius 1 is 1.23 bits per heavy atom. The fourth-order valence-electron chi connectivity index (χ4n) is 2.54. The van der Waals surface area contributed by atoms with E-state index in [4.69, 9.17) is 5.11 Å². The van der Waals surface area contributed by atoms with Crippen LogP contribution in [0, 0.1) is 5.92 Å². The standard InChI is InChI=1S/C20H30O2/c1-2-3-4-5-8-13-18-14-9-6-10-15-19(18)16-11-7-12-17-20(21)22/h8-9,11,13-16,18H,2-7,10,12,17H2,1H3,(H,21,22). The van der Waals surface area contributed by atoms with E-state index in [1.165, 1.54) is 24.8 Å². The lowest BCUT2D eigenvalue weighted by Gasteiger charge is -2.08. The lowest BCUT2D eigenvalue weighted by Crippen LogP contribution is -1.95. The number of rotatable bonds is 10. The molecule has 1 aliphatic rings. The summed E-state index contributed by atoms with van der Waals surface area (Å²) in [5.74, 6) is -0.335. The van der Waals surface area contributed by atoms with Gasteiger partial charge in [-0.1, -0.05) is 62.3 Å². The highest BCUT2D eigenvalue weighted by atomic mass is 16.4. The summed E-state index contributed by atoms with van der Waals surface area (Å²) in [5.41, 5.74) is 1.34. The molecule has 0 bridgehead atoms. The van der Waals surface area contributed by atoms with Gasteiger partial charge in [0.15, 0.2) is 0 Å². The quantitative estimate of drug-likeness (QED) is 0.407. The van der Waals surface area contributed by atoms with Gasteiger partial charge in [0.1, 0.15) is 0 Å². The summed E-state index contributed by atoms with van der Waals surface area (Å²) in [6.45, 7) is 2.23. The third-order valence-electron chi connectivity index (χ3n) is 3.83. The van der Waals surface area contributed by atoms with Gasteiger partial charge in [-0.25, -0.2) is 0 Å². The first-order chi connectivity index (χ1) is 10.7. The van der Waals surface area contributed by atoms with Gasteiger partial charge >= 0.3 is 5.97 Å². The Morgan fingerprint density at radius 2 is 2.05 bits per heavy atom. The van der Waals surface area contributed by atoms with Crippen LogP contribution in [0.1, 0.15) is 64.7 Å². The van der Waals surface area contributed by atoms with Gasteiger partial charge in [0.25, 0.3) is 0 Å². The van der Waals surface area contributed by atoms with Gasteiger partial charge in [-0.15, -0.1) is 0 Å². The van der Waals surface area contributed by atoms with Gasteiger partial charge in [-0.05, 0) is 44.1 Å². The molecule has 0 aliphatic heterocycles. The fraction of sp³-hybridized carbons (Fsp3) is 0.550. The molecule has 0 radical (unpaired) electrons. The highest BCUT2D eigenvalue weighted by Gasteiger charge is 2.07. The minimum atomic E-state index is -0.710. The normalized spacial score (nSPS) is 18.8. The van der Waals surface area contributed by atoms with Crippen molar-refractivity contribution in [3.8, 4) is 0 Å². The van der Waals surface area contributed by atoms with Crippen LogP contribution in [0.4, 0.5) is 0 Å². The lowest BCUT2D eigenvalue weighted by atomic mass is 9.96. The first kappa shape index (κ1) is 18.5. The van der Waals surface area contributed by atoms with Crippen LogP contribution in [0.15, 0.2) is 48.1 Å². The molecule has 2 nitrogen and oxygen atoms in total. The summed E-state index contributed by atoms with van der Waals surface area (Å²) in [4.78, 5) is 10.5. The van der Waals surface area contributed by atoms with Gasteiger partial charge in [0, 0.05) is 12.3 Å². The highest BCUT2D eigenvalue weighted by Crippen LogP contribution is 2.22. The van der Waals surface area contributed by atoms with E-state index in [-0.39, 0.29) is 6.42 Å². The molecule has 1 atom stereocenters. The first-order valence-electron chi connectivity index (χ1n) is 8.65. The van der Waals surface area contributed by atoms with E-state index in [1.807, 2.05) is 0 Å². The molecule has 1 aliphatic carbocycles. The maximum atomic E-state index is 10.5. The molecule has 0 aromatic rings. The number of hydrogen-bond donors (Lipinski definition) is 1. The number of hydrogen-bond acceptors (Lipinski definition) is 1. The summed E-state index contributed by atoms with van der Waals surface area (Å²) >= 11 is 0. The molecule has 0 saturated heterocycles. The summed E-state index contributed by atoms with van der Waals surface area (Å²) in [7, 11) is 0. The van der Waals surface area contributed by atoms with E-state index in [9.17, 15) is 4.79 Å². The van der Waals surface area contributed by atoms with Crippen molar-refractivity contribution in [1.82, 2.24) is 0 Å². The van der Waals surface area contributed by atoms with E-state index in [0.717, 1.165) is 25.7 Å². The van der Waals surface area contributed by atoms with E-state index in [0.29, 0.717) is 12.3 Å². The second-order valence-corrected chi connectivity index (χ2v) is 5.85. The Morgan fingerprint density at radius 3 is 2.82 bits per heavy atom. The molecule has 1 rings (SSSR count). The number of allylic oxidation sites excluding steroid dienone is 8. The molecule has 122 valence electrons. The van der Waals surface area contributed by atoms with Crippen LogP contribution in [-0.2, 0) is 4.79 Å².